The van der Waals surface area contributed by atoms with Gasteiger partial charge < -0.3 is 0 Å². The quantitative estimate of drug-likeness (QED) is 0.293. The van der Waals surface area contributed by atoms with E-state index >= 15 is 0 Å². The van der Waals surface area contributed by atoms with Crippen LogP contribution >= 0.6 is 23.2 Å². The van der Waals surface area contributed by atoms with Crippen LogP contribution in [-0.4, -0.2) is 4.98 Å². The molecule has 4 rings (SSSR count). The van der Waals surface area contributed by atoms with Crippen molar-refractivity contribution in [3.63, 3.8) is 0 Å². The van der Waals surface area contributed by atoms with Crippen molar-refractivity contribution in [1.82, 2.24) is 4.98 Å². The van der Waals surface area contributed by atoms with Gasteiger partial charge in [-0.3, -0.25) is 4.98 Å². The smallest absolute Gasteiger partial charge is 0.0782 e. The number of hydrogen-bond acceptors (Lipinski definition) is 1. The van der Waals surface area contributed by atoms with Crippen molar-refractivity contribution in [1.29, 1.82) is 0 Å². The third-order valence-corrected chi connectivity index (χ3v) is 4.39. The fourth-order valence-electron chi connectivity index (χ4n) is 2.64. The highest BCUT2D eigenvalue weighted by atomic mass is 35.5. The number of rotatable bonds is 0. The predicted octanol–water partition coefficient (Wildman–Crippen LogP) is 5.85. The maximum Gasteiger partial charge on any atom is 0.0782 e. The third kappa shape index (κ3) is 1.67. The number of aromatic nitrogens is 1. The van der Waals surface area contributed by atoms with Gasteiger partial charge in [-0.05, 0) is 39.7 Å². The molecule has 0 unspecified atom stereocenters. The Morgan fingerprint density at radius 2 is 1.55 bits per heavy atom. The van der Waals surface area contributed by atoms with Crippen LogP contribution in [0.4, 0.5) is 0 Å². The minimum Gasteiger partial charge on any atom is -0.255 e. The van der Waals surface area contributed by atoms with Crippen molar-refractivity contribution in [3.05, 3.63) is 64.8 Å². The topological polar surface area (TPSA) is 12.9 Å². The van der Waals surface area contributed by atoms with E-state index in [1.54, 1.807) is 6.20 Å². The van der Waals surface area contributed by atoms with Crippen molar-refractivity contribution < 1.29 is 0 Å². The highest BCUT2D eigenvalue weighted by Crippen LogP contribution is 2.36. The molecule has 0 amide bonds. The number of pyridine rings is 1. The van der Waals surface area contributed by atoms with E-state index in [0.29, 0.717) is 10.0 Å². The van der Waals surface area contributed by atoms with Crippen LogP contribution < -0.4 is 0 Å². The standard InChI is InChI=1S/C17H9Cl2N/c18-14-9-20-15-6-5-12-7-10-3-1-2-4-11(10)8-13(12)16(15)17(14)19/h1-9H. The van der Waals surface area contributed by atoms with Crippen LogP contribution in [0.3, 0.4) is 0 Å². The molecule has 4 aromatic rings. The molecule has 3 aromatic carbocycles. The van der Waals surface area contributed by atoms with Gasteiger partial charge in [-0.2, -0.15) is 0 Å². The molecule has 0 radical (unpaired) electrons. The number of hydrogen-bond donors (Lipinski definition) is 0. The van der Waals surface area contributed by atoms with Gasteiger partial charge in [-0.1, -0.05) is 53.5 Å². The molecule has 0 N–H and O–H groups in total. The first-order valence-electron chi connectivity index (χ1n) is 6.29. The van der Waals surface area contributed by atoms with E-state index in [0.717, 1.165) is 21.7 Å². The van der Waals surface area contributed by atoms with Crippen LogP contribution in [0.2, 0.25) is 10.0 Å². The van der Waals surface area contributed by atoms with Crippen LogP contribution in [0.15, 0.2) is 54.7 Å². The fourth-order valence-corrected chi connectivity index (χ4v) is 3.03. The molecule has 1 heterocycles. The lowest BCUT2D eigenvalue weighted by Crippen LogP contribution is -1.84. The molecule has 0 bridgehead atoms. The monoisotopic (exact) mass is 297 g/mol. The Labute approximate surface area is 125 Å². The molecule has 3 heteroatoms. The number of benzene rings is 3. The van der Waals surface area contributed by atoms with E-state index < -0.39 is 0 Å². The lowest BCUT2D eigenvalue weighted by atomic mass is 10.0. The molecule has 1 aromatic heterocycles. The van der Waals surface area contributed by atoms with Gasteiger partial charge in [0.1, 0.15) is 0 Å². The lowest BCUT2D eigenvalue weighted by molar-refractivity contribution is 1.42. The van der Waals surface area contributed by atoms with E-state index in [1.165, 1.54) is 10.8 Å². The van der Waals surface area contributed by atoms with E-state index in [-0.39, 0.29) is 0 Å². The Balaban J connectivity index is 2.28. The first-order chi connectivity index (χ1) is 9.74. The minimum atomic E-state index is 0.486. The van der Waals surface area contributed by atoms with Crippen molar-refractivity contribution >= 4 is 55.6 Å². The normalized spacial score (nSPS) is 11.5. The predicted molar refractivity (Wildman–Crippen MR) is 86.8 cm³/mol. The van der Waals surface area contributed by atoms with E-state index in [2.05, 4.69) is 35.3 Å². The molecule has 0 fully saturated rings. The van der Waals surface area contributed by atoms with Crippen LogP contribution in [0.5, 0.6) is 0 Å². The van der Waals surface area contributed by atoms with Gasteiger partial charge in [0.15, 0.2) is 0 Å². The Kier molecular flexibility index (Phi) is 2.59. The molecule has 0 saturated heterocycles. The van der Waals surface area contributed by atoms with Crippen molar-refractivity contribution in [3.8, 4) is 0 Å². The summed E-state index contributed by atoms with van der Waals surface area (Å²) in [5.41, 5.74) is 0.863. The second-order valence-corrected chi connectivity index (χ2v) is 5.59. The molecule has 20 heavy (non-hydrogen) atoms. The van der Waals surface area contributed by atoms with Crippen molar-refractivity contribution in [2.45, 2.75) is 0 Å². The molecular formula is C17H9Cl2N. The van der Waals surface area contributed by atoms with Gasteiger partial charge in [0, 0.05) is 11.6 Å². The summed E-state index contributed by atoms with van der Waals surface area (Å²) >= 11 is 12.5. The number of halogens is 2. The SMILES string of the molecule is Clc1cnc2ccc3cc4ccccc4cc3c2c1Cl. The summed E-state index contributed by atoms with van der Waals surface area (Å²) in [5, 5.41) is 6.59. The van der Waals surface area contributed by atoms with E-state index in [1.807, 2.05) is 18.2 Å². The molecule has 0 saturated carbocycles. The Morgan fingerprint density at radius 3 is 2.35 bits per heavy atom. The lowest BCUT2D eigenvalue weighted by Gasteiger charge is -2.08. The zero-order valence-corrected chi connectivity index (χ0v) is 11.9. The van der Waals surface area contributed by atoms with Crippen LogP contribution in [-0.2, 0) is 0 Å². The number of fused-ring (bicyclic) bond motifs is 4. The van der Waals surface area contributed by atoms with Crippen LogP contribution in [0.25, 0.3) is 32.4 Å². The maximum atomic E-state index is 6.38. The second-order valence-electron chi connectivity index (χ2n) is 4.80. The number of nitrogens with zero attached hydrogens (tertiary/aromatic N) is 1. The Hall–Kier alpha value is -1.83. The Bertz CT molecular complexity index is 977. The molecule has 0 atom stereocenters. The largest absolute Gasteiger partial charge is 0.255 e. The van der Waals surface area contributed by atoms with Gasteiger partial charge >= 0.3 is 0 Å². The summed E-state index contributed by atoms with van der Waals surface area (Å²) in [6, 6.07) is 16.7. The summed E-state index contributed by atoms with van der Waals surface area (Å²) in [5.74, 6) is 0. The zero-order valence-electron chi connectivity index (χ0n) is 10.4. The minimum absolute atomic E-state index is 0.486. The first kappa shape index (κ1) is 12.0. The average Bonchev–Trinajstić information content (AvgIpc) is 2.48. The second kappa shape index (κ2) is 4.34. The van der Waals surface area contributed by atoms with Gasteiger partial charge in [-0.15, -0.1) is 0 Å². The van der Waals surface area contributed by atoms with Gasteiger partial charge in [0.25, 0.3) is 0 Å². The fraction of sp³-hybridized carbons (Fsp3) is 0. The summed E-state index contributed by atoms with van der Waals surface area (Å²) in [6.07, 6.45) is 1.60. The highest BCUT2D eigenvalue weighted by Gasteiger charge is 2.09. The first-order valence-corrected chi connectivity index (χ1v) is 7.05. The van der Waals surface area contributed by atoms with Gasteiger partial charge in [0.2, 0.25) is 0 Å². The van der Waals surface area contributed by atoms with E-state index in [9.17, 15) is 0 Å². The van der Waals surface area contributed by atoms with Crippen molar-refractivity contribution in [2.24, 2.45) is 0 Å². The van der Waals surface area contributed by atoms with Crippen molar-refractivity contribution in [2.75, 3.05) is 0 Å². The maximum absolute atomic E-state index is 6.38. The van der Waals surface area contributed by atoms with Gasteiger partial charge in [0.05, 0.1) is 15.6 Å². The summed E-state index contributed by atoms with van der Waals surface area (Å²) in [4.78, 5) is 4.36. The molecule has 1 nitrogen and oxygen atoms in total. The summed E-state index contributed by atoms with van der Waals surface area (Å²) < 4.78 is 0. The zero-order chi connectivity index (χ0) is 13.7. The molecule has 0 aliphatic rings. The molecular weight excluding hydrogens is 289 g/mol. The van der Waals surface area contributed by atoms with E-state index in [4.69, 9.17) is 23.2 Å². The summed E-state index contributed by atoms with van der Waals surface area (Å²) in [7, 11) is 0. The molecule has 0 spiro atoms. The van der Waals surface area contributed by atoms with Crippen LogP contribution in [0.1, 0.15) is 0 Å². The highest BCUT2D eigenvalue weighted by molar-refractivity contribution is 6.46. The van der Waals surface area contributed by atoms with Crippen LogP contribution in [0, 0.1) is 0 Å². The van der Waals surface area contributed by atoms with Gasteiger partial charge in [-0.25, -0.2) is 0 Å². The molecule has 0 aliphatic heterocycles. The summed E-state index contributed by atoms with van der Waals surface area (Å²) in [6.45, 7) is 0. The molecule has 96 valence electrons. The molecule has 0 aliphatic carbocycles. The Morgan fingerprint density at radius 1 is 0.800 bits per heavy atom. The third-order valence-electron chi connectivity index (χ3n) is 3.61. The average molecular weight is 298 g/mol.